The lowest BCUT2D eigenvalue weighted by atomic mass is 10.0. The van der Waals surface area contributed by atoms with Crippen LogP contribution in [-0.2, 0) is 6.18 Å². The van der Waals surface area contributed by atoms with Crippen LogP contribution in [-0.4, -0.2) is 12.5 Å². The fourth-order valence-electron chi connectivity index (χ4n) is 1.94. The summed E-state index contributed by atoms with van der Waals surface area (Å²) in [5.74, 6) is -0.172. The Morgan fingerprint density at radius 1 is 1.32 bits per heavy atom. The molecule has 0 saturated carbocycles. The number of carbonyl (C=O) groups is 1. The molecule has 0 atom stereocenters. The van der Waals surface area contributed by atoms with Gasteiger partial charge in [-0.1, -0.05) is 12.7 Å². The monoisotopic (exact) mass is 309 g/mol. The lowest BCUT2D eigenvalue weighted by molar-refractivity contribution is -0.137. The van der Waals surface area contributed by atoms with E-state index in [1.165, 1.54) is 24.3 Å². The average molecular weight is 309 g/mol. The van der Waals surface area contributed by atoms with Gasteiger partial charge in [0.2, 0.25) is 0 Å². The van der Waals surface area contributed by atoms with Gasteiger partial charge in [0.1, 0.15) is 5.76 Å². The molecule has 1 aromatic heterocycles. The first-order valence-corrected chi connectivity index (χ1v) is 6.58. The summed E-state index contributed by atoms with van der Waals surface area (Å²) >= 11 is 0. The van der Waals surface area contributed by atoms with Crippen molar-refractivity contribution >= 4 is 12.0 Å². The summed E-state index contributed by atoms with van der Waals surface area (Å²) in [6.45, 7) is 5.67. The summed E-state index contributed by atoms with van der Waals surface area (Å²) in [5, 5.41) is 2.56. The number of halogens is 3. The van der Waals surface area contributed by atoms with Gasteiger partial charge in [0.25, 0.3) is 5.91 Å². The molecule has 1 heterocycles. The molecule has 116 valence electrons. The molecule has 1 aromatic carbocycles. The van der Waals surface area contributed by atoms with Crippen LogP contribution in [0.3, 0.4) is 0 Å². The summed E-state index contributed by atoms with van der Waals surface area (Å²) in [7, 11) is 0. The molecule has 0 aliphatic heterocycles. The molecule has 2 rings (SSSR count). The quantitative estimate of drug-likeness (QED) is 0.912. The molecule has 1 N–H and O–H groups in total. The Morgan fingerprint density at radius 3 is 2.64 bits per heavy atom. The molecule has 0 spiro atoms. The van der Waals surface area contributed by atoms with E-state index >= 15 is 0 Å². The van der Waals surface area contributed by atoms with Gasteiger partial charge in [0.15, 0.2) is 5.76 Å². The van der Waals surface area contributed by atoms with Crippen molar-refractivity contribution in [1.29, 1.82) is 0 Å². The third-order valence-electron chi connectivity index (χ3n) is 2.97. The van der Waals surface area contributed by atoms with Crippen molar-refractivity contribution in [1.82, 2.24) is 5.32 Å². The second-order valence-corrected chi connectivity index (χ2v) is 4.57. The van der Waals surface area contributed by atoms with Crippen molar-refractivity contribution < 1.29 is 22.4 Å². The standard InChI is InChI=1S/C16H14F3NO2/c1-3-10-7-11(9-12(8-10)16(17,18)19)13-5-6-14(22-13)15(21)20-4-2/h3,5-9H,1,4H2,2H3,(H,20,21). The summed E-state index contributed by atoms with van der Waals surface area (Å²) in [4.78, 5) is 11.6. The maximum Gasteiger partial charge on any atom is 0.416 e. The van der Waals surface area contributed by atoms with Gasteiger partial charge >= 0.3 is 6.18 Å². The Bertz CT molecular complexity index is 702. The Morgan fingerprint density at radius 2 is 2.05 bits per heavy atom. The predicted molar refractivity (Wildman–Crippen MR) is 77.2 cm³/mol. The van der Waals surface area contributed by atoms with E-state index in [-0.39, 0.29) is 17.1 Å². The van der Waals surface area contributed by atoms with Gasteiger partial charge in [-0.05, 0) is 42.8 Å². The van der Waals surface area contributed by atoms with Gasteiger partial charge in [-0.25, -0.2) is 0 Å². The minimum absolute atomic E-state index is 0.0504. The second-order valence-electron chi connectivity index (χ2n) is 4.57. The van der Waals surface area contributed by atoms with Crippen LogP contribution in [0.15, 0.2) is 41.3 Å². The molecular weight excluding hydrogens is 295 g/mol. The SMILES string of the molecule is C=Cc1cc(-c2ccc(C(=O)NCC)o2)cc(C(F)(F)F)c1. The largest absolute Gasteiger partial charge is 0.451 e. The molecular formula is C16H14F3NO2. The first-order chi connectivity index (χ1) is 10.3. The first-order valence-electron chi connectivity index (χ1n) is 6.58. The van der Waals surface area contributed by atoms with Crippen LogP contribution in [0, 0.1) is 0 Å². The predicted octanol–water partition coefficient (Wildman–Crippen LogP) is 4.36. The highest BCUT2D eigenvalue weighted by Crippen LogP contribution is 2.34. The number of carbonyl (C=O) groups excluding carboxylic acids is 1. The van der Waals surface area contributed by atoms with Crippen LogP contribution >= 0.6 is 0 Å². The molecule has 2 aromatic rings. The number of hydrogen-bond acceptors (Lipinski definition) is 2. The van der Waals surface area contributed by atoms with E-state index in [1.54, 1.807) is 6.92 Å². The summed E-state index contributed by atoms with van der Waals surface area (Å²) in [6, 6.07) is 6.39. The number of amides is 1. The van der Waals surface area contributed by atoms with Crippen LogP contribution in [0.25, 0.3) is 17.4 Å². The van der Waals surface area contributed by atoms with E-state index in [2.05, 4.69) is 11.9 Å². The van der Waals surface area contributed by atoms with E-state index in [0.717, 1.165) is 12.1 Å². The topological polar surface area (TPSA) is 42.2 Å². The van der Waals surface area contributed by atoms with E-state index < -0.39 is 17.6 Å². The third kappa shape index (κ3) is 3.39. The van der Waals surface area contributed by atoms with Crippen LogP contribution in [0.4, 0.5) is 13.2 Å². The third-order valence-corrected chi connectivity index (χ3v) is 2.97. The molecule has 1 amide bonds. The number of nitrogens with one attached hydrogen (secondary N) is 1. The second kappa shape index (κ2) is 6.09. The first kappa shape index (κ1) is 15.9. The zero-order chi connectivity index (χ0) is 16.3. The van der Waals surface area contributed by atoms with Crippen molar-refractivity contribution in [3.05, 3.63) is 53.8 Å². The van der Waals surface area contributed by atoms with E-state index in [4.69, 9.17) is 4.42 Å². The van der Waals surface area contributed by atoms with Gasteiger partial charge in [-0.15, -0.1) is 0 Å². The summed E-state index contributed by atoms with van der Waals surface area (Å²) in [5.41, 5.74) is -0.239. The maximum atomic E-state index is 12.9. The fourth-order valence-corrected chi connectivity index (χ4v) is 1.94. The number of hydrogen-bond donors (Lipinski definition) is 1. The lowest BCUT2D eigenvalue weighted by Gasteiger charge is -2.09. The normalized spacial score (nSPS) is 11.3. The molecule has 0 aliphatic carbocycles. The molecule has 0 bridgehead atoms. The number of benzene rings is 1. The van der Waals surface area contributed by atoms with E-state index in [0.29, 0.717) is 12.1 Å². The van der Waals surface area contributed by atoms with Crippen LogP contribution in [0.5, 0.6) is 0 Å². The van der Waals surface area contributed by atoms with Crippen LogP contribution in [0.1, 0.15) is 28.6 Å². The Kier molecular flexibility index (Phi) is 4.40. The fraction of sp³-hybridized carbons (Fsp3) is 0.188. The van der Waals surface area contributed by atoms with Crippen molar-refractivity contribution in [3.63, 3.8) is 0 Å². The minimum Gasteiger partial charge on any atom is -0.451 e. The van der Waals surface area contributed by atoms with Crippen molar-refractivity contribution in [2.75, 3.05) is 6.54 Å². The van der Waals surface area contributed by atoms with Gasteiger partial charge in [-0.3, -0.25) is 4.79 Å². The van der Waals surface area contributed by atoms with Crippen molar-refractivity contribution in [2.24, 2.45) is 0 Å². The highest BCUT2D eigenvalue weighted by molar-refractivity contribution is 5.92. The molecule has 0 fully saturated rings. The van der Waals surface area contributed by atoms with Gasteiger partial charge < -0.3 is 9.73 Å². The highest BCUT2D eigenvalue weighted by Gasteiger charge is 2.31. The molecule has 22 heavy (non-hydrogen) atoms. The molecule has 0 aliphatic rings. The summed E-state index contributed by atoms with van der Waals surface area (Å²) in [6.07, 6.45) is -3.14. The van der Waals surface area contributed by atoms with Gasteiger partial charge in [0.05, 0.1) is 5.56 Å². The molecule has 0 unspecified atom stereocenters. The average Bonchev–Trinajstić information content (AvgIpc) is 2.96. The molecule has 3 nitrogen and oxygen atoms in total. The maximum absolute atomic E-state index is 12.9. The Hall–Kier alpha value is -2.50. The minimum atomic E-state index is -4.47. The smallest absolute Gasteiger partial charge is 0.416 e. The number of rotatable bonds is 4. The van der Waals surface area contributed by atoms with E-state index in [1.807, 2.05) is 0 Å². The zero-order valence-electron chi connectivity index (χ0n) is 11.8. The van der Waals surface area contributed by atoms with Crippen molar-refractivity contribution in [2.45, 2.75) is 13.1 Å². The number of furan rings is 1. The van der Waals surface area contributed by atoms with Crippen LogP contribution < -0.4 is 5.32 Å². The van der Waals surface area contributed by atoms with Gasteiger partial charge in [-0.2, -0.15) is 13.2 Å². The van der Waals surface area contributed by atoms with E-state index in [9.17, 15) is 18.0 Å². The van der Waals surface area contributed by atoms with Crippen LogP contribution in [0.2, 0.25) is 0 Å². The van der Waals surface area contributed by atoms with Crippen molar-refractivity contribution in [3.8, 4) is 11.3 Å². The highest BCUT2D eigenvalue weighted by atomic mass is 19.4. The molecule has 0 saturated heterocycles. The zero-order valence-corrected chi connectivity index (χ0v) is 11.8. The lowest BCUT2D eigenvalue weighted by Crippen LogP contribution is -2.21. The molecule has 0 radical (unpaired) electrons. The molecule has 6 heteroatoms. The Balaban J connectivity index is 2.44. The number of alkyl halides is 3. The van der Waals surface area contributed by atoms with Gasteiger partial charge in [0, 0.05) is 12.1 Å². The summed E-state index contributed by atoms with van der Waals surface area (Å²) < 4.78 is 44.1. The Labute approximate surface area is 125 Å².